The van der Waals surface area contributed by atoms with E-state index in [-0.39, 0.29) is 12.5 Å². The first-order valence-electron chi connectivity index (χ1n) is 7.57. The van der Waals surface area contributed by atoms with Crippen molar-refractivity contribution in [1.29, 1.82) is 0 Å². The second kappa shape index (κ2) is 5.95. The summed E-state index contributed by atoms with van der Waals surface area (Å²) in [7, 11) is 1.64. The molecule has 2 atom stereocenters. The number of carboxylic acids is 1. The number of rotatable bonds is 4. The van der Waals surface area contributed by atoms with Gasteiger partial charge in [0.15, 0.2) is 0 Å². The van der Waals surface area contributed by atoms with Crippen molar-refractivity contribution in [3.8, 4) is 11.6 Å². The van der Waals surface area contributed by atoms with E-state index in [2.05, 4.69) is 5.10 Å². The molecule has 2 aromatic rings. The van der Waals surface area contributed by atoms with E-state index in [4.69, 9.17) is 9.47 Å². The van der Waals surface area contributed by atoms with Crippen LogP contribution >= 0.6 is 0 Å². The lowest BCUT2D eigenvalue weighted by atomic mass is 9.86. The lowest BCUT2D eigenvalue weighted by molar-refractivity contribution is -0.144. The Hall–Kier alpha value is -2.50. The molecule has 0 bridgehead atoms. The Morgan fingerprint density at radius 2 is 2.30 bits per heavy atom. The molecule has 1 N–H and O–H groups in total. The molecule has 0 radical (unpaired) electrons. The number of carbonyl (C=O) groups is 1. The van der Waals surface area contributed by atoms with Gasteiger partial charge in [-0.2, -0.15) is 0 Å². The van der Waals surface area contributed by atoms with Crippen LogP contribution in [0.2, 0.25) is 0 Å². The van der Waals surface area contributed by atoms with Crippen molar-refractivity contribution >= 4 is 5.97 Å². The summed E-state index contributed by atoms with van der Waals surface area (Å²) in [5.74, 6) is -0.128. The van der Waals surface area contributed by atoms with Gasteiger partial charge in [-0.3, -0.25) is 9.48 Å². The van der Waals surface area contributed by atoms with Gasteiger partial charge in [0.25, 0.3) is 0 Å². The number of fused-ring (bicyclic) bond motifs is 1. The predicted molar refractivity (Wildman–Crippen MR) is 84.1 cm³/mol. The molecule has 0 amide bonds. The summed E-state index contributed by atoms with van der Waals surface area (Å²) in [5.41, 5.74) is 2.91. The Morgan fingerprint density at radius 1 is 1.52 bits per heavy atom. The van der Waals surface area contributed by atoms with E-state index in [1.165, 1.54) is 0 Å². The number of benzene rings is 1. The van der Waals surface area contributed by atoms with Crippen LogP contribution in [0, 0.1) is 12.8 Å². The van der Waals surface area contributed by atoms with E-state index < -0.39 is 11.9 Å². The summed E-state index contributed by atoms with van der Waals surface area (Å²) < 4.78 is 12.7. The van der Waals surface area contributed by atoms with Gasteiger partial charge in [0.1, 0.15) is 12.4 Å². The molecule has 0 fully saturated rings. The maximum absolute atomic E-state index is 11.3. The van der Waals surface area contributed by atoms with Gasteiger partial charge in [0, 0.05) is 17.2 Å². The minimum Gasteiger partial charge on any atom is -0.497 e. The van der Waals surface area contributed by atoms with Crippen LogP contribution in [0.15, 0.2) is 24.3 Å². The second-order valence-corrected chi connectivity index (χ2v) is 5.86. The summed E-state index contributed by atoms with van der Waals surface area (Å²) in [6, 6.07) is 7.80. The molecule has 0 spiro atoms. The molecule has 1 aromatic carbocycles. The normalized spacial score (nSPS) is 19.8. The molecule has 1 aliphatic rings. The van der Waals surface area contributed by atoms with Crippen molar-refractivity contribution in [3.63, 3.8) is 0 Å². The molecular weight excluding hydrogens is 296 g/mol. The zero-order chi connectivity index (χ0) is 16.6. The van der Waals surface area contributed by atoms with E-state index in [0.29, 0.717) is 12.4 Å². The van der Waals surface area contributed by atoms with Crippen LogP contribution < -0.4 is 9.47 Å². The fraction of sp³-hybridized carbons (Fsp3) is 0.412. The summed E-state index contributed by atoms with van der Waals surface area (Å²) in [6.07, 6.45) is 0. The number of nitrogens with zero attached hydrogens (tertiary/aromatic N) is 2. The highest BCUT2D eigenvalue weighted by Crippen LogP contribution is 2.38. The maximum Gasteiger partial charge on any atom is 0.310 e. The first-order chi connectivity index (χ1) is 11.0. The van der Waals surface area contributed by atoms with E-state index >= 15 is 0 Å². The van der Waals surface area contributed by atoms with Gasteiger partial charge in [-0.1, -0.05) is 19.1 Å². The monoisotopic (exact) mass is 316 g/mol. The van der Waals surface area contributed by atoms with E-state index in [1.807, 2.05) is 42.8 Å². The zero-order valence-corrected chi connectivity index (χ0v) is 13.4. The highest BCUT2D eigenvalue weighted by Gasteiger charge is 2.36. The Kier molecular flexibility index (Phi) is 3.98. The number of aromatic nitrogens is 2. The number of carboxylic acid groups (broad SMARTS) is 1. The van der Waals surface area contributed by atoms with Gasteiger partial charge < -0.3 is 14.6 Å². The van der Waals surface area contributed by atoms with Gasteiger partial charge in [-0.25, -0.2) is 0 Å². The van der Waals surface area contributed by atoms with Gasteiger partial charge in [-0.15, -0.1) is 5.10 Å². The summed E-state index contributed by atoms with van der Waals surface area (Å²) in [5, 5.41) is 13.8. The van der Waals surface area contributed by atoms with E-state index in [1.54, 1.807) is 7.11 Å². The number of methoxy groups -OCH3 is 1. The van der Waals surface area contributed by atoms with Crippen molar-refractivity contribution in [1.82, 2.24) is 9.78 Å². The molecular formula is C17H20N2O4. The quantitative estimate of drug-likeness (QED) is 0.938. The van der Waals surface area contributed by atoms with E-state index in [9.17, 15) is 9.90 Å². The minimum absolute atomic E-state index is 0.115. The predicted octanol–water partition coefficient (Wildman–Crippen LogP) is 2.45. The smallest absolute Gasteiger partial charge is 0.310 e. The van der Waals surface area contributed by atoms with Crippen LogP contribution in [0.5, 0.6) is 11.6 Å². The highest BCUT2D eigenvalue weighted by atomic mass is 16.5. The summed E-state index contributed by atoms with van der Waals surface area (Å²) in [6.45, 7) is 4.63. The third-order valence-corrected chi connectivity index (χ3v) is 4.46. The molecule has 0 aliphatic carbocycles. The van der Waals surface area contributed by atoms with Crippen LogP contribution in [0.3, 0.4) is 0 Å². The number of hydrogen-bond donors (Lipinski definition) is 1. The molecule has 122 valence electrons. The van der Waals surface area contributed by atoms with Crippen LogP contribution in [-0.2, 0) is 11.3 Å². The third-order valence-electron chi connectivity index (χ3n) is 4.46. The van der Waals surface area contributed by atoms with E-state index in [0.717, 1.165) is 22.6 Å². The van der Waals surface area contributed by atoms with Crippen LogP contribution in [0.25, 0.3) is 0 Å². The summed E-state index contributed by atoms with van der Waals surface area (Å²) in [4.78, 5) is 11.3. The van der Waals surface area contributed by atoms with Crippen molar-refractivity contribution in [2.24, 2.45) is 5.92 Å². The summed E-state index contributed by atoms with van der Waals surface area (Å²) >= 11 is 0. The highest BCUT2D eigenvalue weighted by molar-refractivity contribution is 5.72. The first kappa shape index (κ1) is 15.4. The largest absolute Gasteiger partial charge is 0.497 e. The lowest BCUT2D eigenvalue weighted by Crippen LogP contribution is -2.30. The zero-order valence-electron chi connectivity index (χ0n) is 13.4. The molecule has 1 aromatic heterocycles. The molecule has 3 rings (SSSR count). The van der Waals surface area contributed by atoms with Gasteiger partial charge >= 0.3 is 5.97 Å². The Bertz CT molecular complexity index is 738. The molecule has 1 aliphatic heterocycles. The minimum atomic E-state index is -0.830. The number of hydrogen-bond acceptors (Lipinski definition) is 4. The molecule has 6 nitrogen and oxygen atoms in total. The average molecular weight is 316 g/mol. The van der Waals surface area contributed by atoms with Crippen molar-refractivity contribution in [3.05, 3.63) is 41.1 Å². The average Bonchev–Trinajstić information content (AvgIpc) is 2.84. The third kappa shape index (κ3) is 2.76. The molecule has 2 unspecified atom stereocenters. The second-order valence-electron chi connectivity index (χ2n) is 5.86. The molecule has 0 saturated carbocycles. The lowest BCUT2D eigenvalue weighted by Gasteiger charge is -2.25. The Labute approximate surface area is 134 Å². The van der Waals surface area contributed by atoms with Crippen LogP contribution in [-0.4, -0.2) is 34.6 Å². The molecule has 0 saturated heterocycles. The topological polar surface area (TPSA) is 73.6 Å². The fourth-order valence-electron chi connectivity index (χ4n) is 3.06. The van der Waals surface area contributed by atoms with Gasteiger partial charge in [-0.05, 0) is 24.6 Å². The maximum atomic E-state index is 11.3. The van der Waals surface area contributed by atoms with Gasteiger partial charge in [0.2, 0.25) is 5.88 Å². The Balaban J connectivity index is 1.91. The standard InChI is InChI=1S/C17H20N2O4/c1-10-14(17(20)21)9-23-16-15(10)11(2)19(18-16)8-12-5-4-6-13(7-12)22-3/h4-7,10,14H,8-9H2,1-3H3,(H,20,21). The first-order valence-corrected chi connectivity index (χ1v) is 7.57. The molecule has 6 heteroatoms. The SMILES string of the molecule is COc1cccc(Cn2nc3c(c2C)C(C)C(C(=O)O)CO3)c1. The van der Waals surface area contributed by atoms with Crippen LogP contribution in [0.1, 0.15) is 29.7 Å². The Morgan fingerprint density at radius 3 is 3.00 bits per heavy atom. The van der Waals surface area contributed by atoms with Crippen molar-refractivity contribution in [2.45, 2.75) is 26.3 Å². The molecule has 2 heterocycles. The number of aliphatic carboxylic acids is 1. The fourth-order valence-corrected chi connectivity index (χ4v) is 3.06. The van der Waals surface area contributed by atoms with Crippen molar-refractivity contribution < 1.29 is 19.4 Å². The number of ether oxygens (including phenoxy) is 2. The van der Waals surface area contributed by atoms with Crippen LogP contribution in [0.4, 0.5) is 0 Å². The van der Waals surface area contributed by atoms with Gasteiger partial charge in [0.05, 0.1) is 19.6 Å². The van der Waals surface area contributed by atoms with Crippen molar-refractivity contribution in [2.75, 3.05) is 13.7 Å². The molecule has 23 heavy (non-hydrogen) atoms.